The van der Waals surface area contributed by atoms with Crippen molar-refractivity contribution in [3.05, 3.63) is 23.3 Å². The van der Waals surface area contributed by atoms with Crippen molar-refractivity contribution < 1.29 is 19.1 Å². The molecule has 94 valence electrons. The molecule has 4 heteroatoms. The third kappa shape index (κ3) is 2.12. The van der Waals surface area contributed by atoms with Gasteiger partial charge in [-0.05, 0) is 37.8 Å². The van der Waals surface area contributed by atoms with Gasteiger partial charge in [-0.25, -0.2) is 0 Å². The van der Waals surface area contributed by atoms with Gasteiger partial charge in [-0.3, -0.25) is 9.59 Å². The van der Waals surface area contributed by atoms with E-state index >= 15 is 0 Å². The average molecular weight is 238 g/mol. The summed E-state index contributed by atoms with van der Waals surface area (Å²) in [6.45, 7) is 3.78. The maximum absolute atomic E-state index is 11.9. The van der Waals surface area contributed by atoms with Crippen molar-refractivity contribution in [2.45, 2.75) is 26.7 Å². The van der Waals surface area contributed by atoms with Crippen LogP contribution in [0.2, 0.25) is 0 Å². The van der Waals surface area contributed by atoms with Gasteiger partial charge >= 0.3 is 11.9 Å². The molecular weight excluding hydrogens is 220 g/mol. The molecule has 0 amide bonds. The van der Waals surface area contributed by atoms with Gasteiger partial charge in [0.15, 0.2) is 5.41 Å². The van der Waals surface area contributed by atoms with E-state index in [1.54, 1.807) is 0 Å². The van der Waals surface area contributed by atoms with E-state index in [2.05, 4.69) is 0 Å². The highest BCUT2D eigenvalue weighted by Crippen LogP contribution is 2.46. The van der Waals surface area contributed by atoms with E-state index in [9.17, 15) is 9.59 Å². The summed E-state index contributed by atoms with van der Waals surface area (Å²) in [4.78, 5) is 23.8. The molecule has 1 saturated carbocycles. The standard InChI is InChI=1S/C13H18O4/c1-5-9-7-13(11(14)16-3,12(15)17-4)8-10(9)6-2/h5-6H,7-8H2,1-4H3/b9-5+,10-6+. The fraction of sp³-hybridized carbons (Fsp3) is 0.538. The van der Waals surface area contributed by atoms with Gasteiger partial charge in [-0.15, -0.1) is 0 Å². The van der Waals surface area contributed by atoms with Crippen molar-refractivity contribution in [1.29, 1.82) is 0 Å². The molecule has 0 N–H and O–H groups in total. The first-order valence-electron chi connectivity index (χ1n) is 5.53. The third-order valence-corrected chi connectivity index (χ3v) is 3.25. The molecule has 0 heterocycles. The zero-order chi connectivity index (χ0) is 13.1. The Morgan fingerprint density at radius 3 is 1.59 bits per heavy atom. The minimum atomic E-state index is -1.20. The van der Waals surface area contributed by atoms with Crippen LogP contribution in [0.1, 0.15) is 26.7 Å². The average Bonchev–Trinajstić information content (AvgIpc) is 2.76. The lowest BCUT2D eigenvalue weighted by atomic mass is 9.85. The maximum Gasteiger partial charge on any atom is 0.323 e. The van der Waals surface area contributed by atoms with Crippen LogP contribution < -0.4 is 0 Å². The number of allylic oxidation sites excluding steroid dienone is 4. The van der Waals surface area contributed by atoms with E-state index in [-0.39, 0.29) is 0 Å². The second-order valence-corrected chi connectivity index (χ2v) is 4.05. The first-order valence-corrected chi connectivity index (χ1v) is 5.53. The van der Waals surface area contributed by atoms with Crippen LogP contribution in [0.15, 0.2) is 23.3 Å². The highest BCUT2D eigenvalue weighted by Gasteiger charge is 2.53. The molecule has 1 fully saturated rings. The zero-order valence-corrected chi connectivity index (χ0v) is 10.7. The molecule has 0 radical (unpaired) electrons. The molecule has 0 aromatic rings. The Hall–Kier alpha value is -1.58. The largest absolute Gasteiger partial charge is 0.468 e. The van der Waals surface area contributed by atoms with E-state index in [4.69, 9.17) is 9.47 Å². The van der Waals surface area contributed by atoms with Crippen LogP contribution in [0.25, 0.3) is 0 Å². The fourth-order valence-electron chi connectivity index (χ4n) is 2.28. The molecule has 0 unspecified atom stereocenters. The molecule has 0 bridgehead atoms. The predicted octanol–water partition coefficient (Wildman–Crippen LogP) is 2.01. The first kappa shape index (κ1) is 13.5. The van der Waals surface area contributed by atoms with Crippen molar-refractivity contribution >= 4 is 11.9 Å². The van der Waals surface area contributed by atoms with Crippen molar-refractivity contribution in [3.63, 3.8) is 0 Å². The SMILES string of the molecule is C/C=C1\CC(C(=O)OC)(C(=O)OC)C\C1=C/C. The Morgan fingerprint density at radius 1 is 1.00 bits per heavy atom. The second-order valence-electron chi connectivity index (χ2n) is 4.05. The highest BCUT2D eigenvalue weighted by molar-refractivity contribution is 6.01. The Kier molecular flexibility index (Phi) is 4.10. The van der Waals surface area contributed by atoms with Gasteiger partial charge < -0.3 is 9.47 Å². The molecule has 1 rings (SSSR count). The summed E-state index contributed by atoms with van der Waals surface area (Å²) in [6.07, 6.45) is 4.54. The van der Waals surface area contributed by atoms with Crippen molar-refractivity contribution in [2.24, 2.45) is 5.41 Å². The molecule has 4 nitrogen and oxygen atoms in total. The summed E-state index contributed by atoms with van der Waals surface area (Å²) < 4.78 is 9.50. The molecule has 17 heavy (non-hydrogen) atoms. The summed E-state index contributed by atoms with van der Waals surface area (Å²) in [5.74, 6) is -1.05. The molecule has 0 aromatic carbocycles. The van der Waals surface area contributed by atoms with E-state index in [1.807, 2.05) is 26.0 Å². The van der Waals surface area contributed by atoms with Gasteiger partial charge in [0, 0.05) is 0 Å². The topological polar surface area (TPSA) is 52.6 Å². The first-order chi connectivity index (χ1) is 8.05. The van der Waals surface area contributed by atoms with Crippen LogP contribution in [-0.4, -0.2) is 26.2 Å². The summed E-state index contributed by atoms with van der Waals surface area (Å²) in [5.41, 5.74) is 0.805. The quantitative estimate of drug-likeness (QED) is 0.545. The monoisotopic (exact) mass is 238 g/mol. The van der Waals surface area contributed by atoms with Crippen LogP contribution in [0.3, 0.4) is 0 Å². The minimum absolute atomic E-state index is 0.350. The highest BCUT2D eigenvalue weighted by atomic mass is 16.5. The van der Waals surface area contributed by atoms with Crippen LogP contribution in [0.4, 0.5) is 0 Å². The smallest absolute Gasteiger partial charge is 0.323 e. The van der Waals surface area contributed by atoms with Crippen LogP contribution >= 0.6 is 0 Å². The van der Waals surface area contributed by atoms with Gasteiger partial charge in [0.25, 0.3) is 0 Å². The summed E-state index contributed by atoms with van der Waals surface area (Å²) in [7, 11) is 2.58. The number of carbonyl (C=O) groups excluding carboxylic acids is 2. The molecule has 0 aliphatic heterocycles. The Balaban J connectivity index is 3.21. The molecule has 0 spiro atoms. The number of carbonyl (C=O) groups is 2. The van der Waals surface area contributed by atoms with Crippen LogP contribution in [0, 0.1) is 5.41 Å². The fourth-order valence-corrected chi connectivity index (χ4v) is 2.28. The van der Waals surface area contributed by atoms with Crippen molar-refractivity contribution in [3.8, 4) is 0 Å². The third-order valence-electron chi connectivity index (χ3n) is 3.25. The lowest BCUT2D eigenvalue weighted by Gasteiger charge is -2.21. The Morgan fingerprint density at radius 2 is 1.35 bits per heavy atom. The summed E-state index contributed by atoms with van der Waals surface area (Å²) >= 11 is 0. The van der Waals surface area contributed by atoms with Gasteiger partial charge in [-0.1, -0.05) is 12.2 Å². The molecule has 0 saturated heterocycles. The van der Waals surface area contributed by atoms with Crippen molar-refractivity contribution in [2.75, 3.05) is 14.2 Å². The second kappa shape index (κ2) is 5.17. The van der Waals surface area contributed by atoms with Gasteiger partial charge in [0.1, 0.15) is 0 Å². The maximum atomic E-state index is 11.9. The summed E-state index contributed by atoms with van der Waals surface area (Å²) in [6, 6.07) is 0. The number of methoxy groups -OCH3 is 2. The predicted molar refractivity (Wildman–Crippen MR) is 63.2 cm³/mol. The Labute approximate surface area is 101 Å². The van der Waals surface area contributed by atoms with Gasteiger partial charge in [-0.2, -0.15) is 0 Å². The number of hydrogen-bond acceptors (Lipinski definition) is 4. The van der Waals surface area contributed by atoms with Crippen LogP contribution in [0.5, 0.6) is 0 Å². The van der Waals surface area contributed by atoms with E-state index in [0.717, 1.165) is 11.1 Å². The molecule has 0 aromatic heterocycles. The normalized spacial score (nSPS) is 22.8. The van der Waals surface area contributed by atoms with Gasteiger partial charge in [0.2, 0.25) is 0 Å². The number of esters is 2. The lowest BCUT2D eigenvalue weighted by Crippen LogP contribution is -2.38. The van der Waals surface area contributed by atoms with E-state index < -0.39 is 17.4 Å². The molecule has 0 atom stereocenters. The van der Waals surface area contributed by atoms with E-state index in [1.165, 1.54) is 14.2 Å². The zero-order valence-electron chi connectivity index (χ0n) is 10.7. The van der Waals surface area contributed by atoms with Gasteiger partial charge in [0.05, 0.1) is 14.2 Å². The van der Waals surface area contributed by atoms with Crippen molar-refractivity contribution in [1.82, 2.24) is 0 Å². The molecular formula is C13H18O4. The minimum Gasteiger partial charge on any atom is -0.468 e. The number of hydrogen-bond donors (Lipinski definition) is 0. The molecule has 1 aliphatic rings. The summed E-state index contributed by atoms with van der Waals surface area (Å²) in [5, 5.41) is 0. The van der Waals surface area contributed by atoms with E-state index in [0.29, 0.717) is 12.8 Å². The van der Waals surface area contributed by atoms with Crippen LogP contribution in [-0.2, 0) is 19.1 Å². The lowest BCUT2D eigenvalue weighted by molar-refractivity contribution is -0.168. The Bertz CT molecular complexity index is 352. The number of rotatable bonds is 2. The number of ether oxygens (including phenoxy) is 2. The molecule has 1 aliphatic carbocycles.